The van der Waals surface area contributed by atoms with Crippen molar-refractivity contribution in [3.05, 3.63) is 54.1 Å². The van der Waals surface area contributed by atoms with Crippen LogP contribution >= 0.6 is 0 Å². The predicted molar refractivity (Wildman–Crippen MR) is 113 cm³/mol. The fourth-order valence-electron chi connectivity index (χ4n) is 4.40. The van der Waals surface area contributed by atoms with Gasteiger partial charge < -0.3 is 14.5 Å². The molecule has 0 unspecified atom stereocenters. The van der Waals surface area contributed by atoms with Gasteiger partial charge in [-0.15, -0.1) is 0 Å². The molecule has 0 radical (unpaired) electrons. The summed E-state index contributed by atoms with van der Waals surface area (Å²) in [5.41, 5.74) is 3.70. The van der Waals surface area contributed by atoms with E-state index in [9.17, 15) is 4.79 Å². The number of methoxy groups -OCH3 is 1. The molecule has 1 atom stereocenters. The number of amides is 1. The Morgan fingerprint density at radius 2 is 1.75 bits per heavy atom. The summed E-state index contributed by atoms with van der Waals surface area (Å²) in [7, 11) is 1.70. The Morgan fingerprint density at radius 1 is 1.04 bits per heavy atom. The van der Waals surface area contributed by atoms with Crippen molar-refractivity contribution in [2.75, 3.05) is 56.2 Å². The molecule has 1 amide bonds. The average molecular weight is 379 g/mol. The molecule has 2 heterocycles. The second-order valence-electron chi connectivity index (χ2n) is 7.70. The Labute approximate surface area is 167 Å². The minimum absolute atomic E-state index is 0.142. The molecule has 0 saturated carbocycles. The van der Waals surface area contributed by atoms with Crippen molar-refractivity contribution < 1.29 is 9.53 Å². The summed E-state index contributed by atoms with van der Waals surface area (Å²) >= 11 is 0. The maximum Gasteiger partial charge on any atom is 0.223 e. The van der Waals surface area contributed by atoms with Gasteiger partial charge in [0.2, 0.25) is 5.91 Å². The van der Waals surface area contributed by atoms with Gasteiger partial charge in [0, 0.05) is 56.9 Å². The Hall–Kier alpha value is -2.53. The predicted octanol–water partition coefficient (Wildman–Crippen LogP) is 3.36. The van der Waals surface area contributed by atoms with E-state index >= 15 is 0 Å². The van der Waals surface area contributed by atoms with Gasteiger partial charge in [0.05, 0.1) is 7.11 Å². The summed E-state index contributed by atoms with van der Waals surface area (Å²) in [6.45, 7) is 7.83. The number of para-hydroxylation sites is 1. The zero-order chi connectivity index (χ0) is 19.5. The Bertz CT molecular complexity index is 813. The lowest BCUT2D eigenvalue weighted by Crippen LogP contribution is -2.46. The van der Waals surface area contributed by atoms with Crippen LogP contribution in [0.25, 0.3) is 0 Å². The fraction of sp³-hybridized carbons (Fsp3) is 0.435. The van der Waals surface area contributed by atoms with Crippen molar-refractivity contribution in [2.45, 2.75) is 19.3 Å². The molecule has 2 aliphatic rings. The van der Waals surface area contributed by atoms with E-state index in [4.69, 9.17) is 4.74 Å². The van der Waals surface area contributed by atoms with Crippen molar-refractivity contribution in [2.24, 2.45) is 0 Å². The van der Waals surface area contributed by atoms with Gasteiger partial charge in [0.25, 0.3) is 0 Å². The lowest BCUT2D eigenvalue weighted by atomic mass is 9.97. The number of rotatable bonds is 5. The second-order valence-corrected chi connectivity index (χ2v) is 7.70. The first-order chi connectivity index (χ1) is 13.7. The third-order valence-electron chi connectivity index (χ3n) is 6.05. The van der Waals surface area contributed by atoms with Gasteiger partial charge in [-0.1, -0.05) is 18.2 Å². The Morgan fingerprint density at radius 3 is 2.43 bits per heavy atom. The van der Waals surface area contributed by atoms with Crippen LogP contribution in [-0.4, -0.2) is 57.2 Å². The Kier molecular flexibility index (Phi) is 5.53. The highest BCUT2D eigenvalue weighted by Crippen LogP contribution is 2.38. The number of benzene rings is 2. The number of carbonyl (C=O) groups is 1. The van der Waals surface area contributed by atoms with Gasteiger partial charge in [0.15, 0.2) is 0 Å². The van der Waals surface area contributed by atoms with E-state index in [1.54, 1.807) is 14.0 Å². The lowest BCUT2D eigenvalue weighted by molar-refractivity contribution is -0.116. The number of hydrogen-bond acceptors (Lipinski definition) is 4. The van der Waals surface area contributed by atoms with Crippen LogP contribution in [0.1, 0.15) is 24.8 Å². The molecule has 0 spiro atoms. The molecule has 2 aromatic rings. The van der Waals surface area contributed by atoms with Gasteiger partial charge >= 0.3 is 0 Å². The van der Waals surface area contributed by atoms with Crippen LogP contribution in [0.3, 0.4) is 0 Å². The molecule has 0 aliphatic carbocycles. The molecule has 2 aromatic carbocycles. The summed E-state index contributed by atoms with van der Waals surface area (Å²) in [5.74, 6) is 1.49. The van der Waals surface area contributed by atoms with Crippen molar-refractivity contribution in [3.8, 4) is 5.75 Å². The third-order valence-corrected chi connectivity index (χ3v) is 6.05. The molecular formula is C23H29N3O2. The van der Waals surface area contributed by atoms with Crippen LogP contribution in [0.4, 0.5) is 11.4 Å². The van der Waals surface area contributed by atoms with Crippen LogP contribution in [0.2, 0.25) is 0 Å². The third kappa shape index (κ3) is 3.85. The number of nitrogens with zero attached hydrogens (tertiary/aromatic N) is 3. The van der Waals surface area contributed by atoms with Crippen LogP contribution in [0.15, 0.2) is 48.5 Å². The number of fused-ring (bicyclic) bond motifs is 1. The van der Waals surface area contributed by atoms with E-state index in [2.05, 4.69) is 40.1 Å². The van der Waals surface area contributed by atoms with E-state index in [0.717, 1.165) is 57.1 Å². The summed E-state index contributed by atoms with van der Waals surface area (Å²) in [6, 6.07) is 16.7. The number of piperazine rings is 1. The first-order valence-corrected chi connectivity index (χ1v) is 10.1. The van der Waals surface area contributed by atoms with Crippen LogP contribution in [0, 0.1) is 0 Å². The minimum Gasteiger partial charge on any atom is -0.497 e. The van der Waals surface area contributed by atoms with Gasteiger partial charge in [-0.2, -0.15) is 0 Å². The highest BCUT2D eigenvalue weighted by Gasteiger charge is 2.30. The van der Waals surface area contributed by atoms with Gasteiger partial charge in [0.1, 0.15) is 5.75 Å². The number of anilines is 2. The van der Waals surface area contributed by atoms with Crippen LogP contribution in [0.5, 0.6) is 5.75 Å². The van der Waals surface area contributed by atoms with Crippen LogP contribution in [-0.2, 0) is 4.79 Å². The SMILES string of the molecule is CC(=O)N1C[C@@H](CCN2CCN(c3ccc(O[11CH3])cc3)CC2)c2ccccc21. The first kappa shape index (κ1) is 18.8. The Balaban J connectivity index is 1.30. The fourth-order valence-corrected chi connectivity index (χ4v) is 4.40. The molecule has 5 heteroatoms. The van der Waals surface area contributed by atoms with Gasteiger partial charge in [-0.25, -0.2) is 0 Å². The van der Waals surface area contributed by atoms with E-state index in [1.165, 1.54) is 11.3 Å². The van der Waals surface area contributed by atoms with Crippen LogP contribution < -0.4 is 14.5 Å². The minimum atomic E-state index is 0.142. The number of ether oxygens (including phenoxy) is 1. The molecule has 2 aliphatic heterocycles. The lowest BCUT2D eigenvalue weighted by Gasteiger charge is -2.36. The van der Waals surface area contributed by atoms with E-state index < -0.39 is 0 Å². The molecular weight excluding hydrogens is 349 g/mol. The normalized spacial score (nSPS) is 19.6. The highest BCUT2D eigenvalue weighted by atomic mass is 16.4. The maximum absolute atomic E-state index is 12.0. The molecule has 0 N–H and O–H groups in total. The molecule has 148 valence electrons. The summed E-state index contributed by atoms with van der Waals surface area (Å²) in [5, 5.41) is 0. The average Bonchev–Trinajstić information content (AvgIpc) is 3.12. The standard InChI is InChI=1S/C23H29N3O2/c1-18(27)26-17-19(22-5-3-4-6-23(22)26)11-12-24-13-15-25(16-14-24)20-7-9-21(28-2)10-8-20/h3-10,19H,11-17H2,1-2H3/t19-/m1/s1/i2-1. The van der Waals surface area contributed by atoms with E-state index in [1.807, 2.05) is 23.1 Å². The van der Waals surface area contributed by atoms with E-state index in [-0.39, 0.29) is 5.91 Å². The van der Waals surface area contributed by atoms with Crippen molar-refractivity contribution in [3.63, 3.8) is 0 Å². The van der Waals surface area contributed by atoms with Crippen molar-refractivity contribution in [1.82, 2.24) is 4.90 Å². The zero-order valence-electron chi connectivity index (χ0n) is 16.8. The molecule has 4 rings (SSSR count). The maximum atomic E-state index is 12.0. The van der Waals surface area contributed by atoms with Gasteiger partial charge in [-0.05, 0) is 48.9 Å². The molecule has 5 nitrogen and oxygen atoms in total. The molecule has 0 bridgehead atoms. The van der Waals surface area contributed by atoms with Crippen molar-refractivity contribution >= 4 is 17.3 Å². The van der Waals surface area contributed by atoms with Crippen molar-refractivity contribution in [1.29, 1.82) is 0 Å². The monoisotopic (exact) mass is 378 g/mol. The topological polar surface area (TPSA) is 36.0 Å². The molecule has 1 saturated heterocycles. The quantitative estimate of drug-likeness (QED) is 0.799. The molecule has 28 heavy (non-hydrogen) atoms. The van der Waals surface area contributed by atoms with Gasteiger partial charge in [-0.3, -0.25) is 9.69 Å². The molecule has 1 fully saturated rings. The number of hydrogen-bond donors (Lipinski definition) is 0. The zero-order valence-corrected chi connectivity index (χ0v) is 16.8. The van der Waals surface area contributed by atoms with E-state index in [0.29, 0.717) is 5.92 Å². The number of carbonyl (C=O) groups excluding carboxylic acids is 1. The molecule has 0 aromatic heterocycles. The first-order valence-electron chi connectivity index (χ1n) is 10.1. The smallest absolute Gasteiger partial charge is 0.223 e. The highest BCUT2D eigenvalue weighted by molar-refractivity contribution is 5.94. The largest absolute Gasteiger partial charge is 0.497 e. The summed E-state index contributed by atoms with van der Waals surface area (Å²) < 4.78 is 5.25. The second kappa shape index (κ2) is 8.23. The summed E-state index contributed by atoms with van der Waals surface area (Å²) in [4.78, 5) is 18.9. The summed E-state index contributed by atoms with van der Waals surface area (Å²) in [6.07, 6.45) is 1.10.